The molecule has 0 aromatic carbocycles. The summed E-state index contributed by atoms with van der Waals surface area (Å²) in [4.78, 5) is 8.64. The lowest BCUT2D eigenvalue weighted by Crippen LogP contribution is -2.00. The predicted molar refractivity (Wildman–Crippen MR) is 51.2 cm³/mol. The van der Waals surface area contributed by atoms with Crippen molar-refractivity contribution in [3.63, 3.8) is 0 Å². The molecule has 1 aliphatic rings. The highest BCUT2D eigenvalue weighted by Gasteiger charge is 2.06. The second-order valence-electron chi connectivity index (χ2n) is 2.70. The Balaban J connectivity index is 2.44. The summed E-state index contributed by atoms with van der Waals surface area (Å²) in [6.07, 6.45) is 10.3. The molecule has 2 nitrogen and oxygen atoms in total. The first-order valence-corrected chi connectivity index (χ1v) is 5.19. The maximum atomic E-state index is 4.43. The molecular weight excluding hydrogens is 168 g/mol. The Bertz CT molecular complexity index is 320. The highest BCUT2D eigenvalue weighted by atomic mass is 32.2. The van der Waals surface area contributed by atoms with Crippen molar-refractivity contribution < 1.29 is 0 Å². The van der Waals surface area contributed by atoms with Crippen molar-refractivity contribution in [2.75, 3.05) is 6.26 Å². The summed E-state index contributed by atoms with van der Waals surface area (Å²) in [7, 11) is 0. The summed E-state index contributed by atoms with van der Waals surface area (Å²) in [6, 6.07) is 0. The van der Waals surface area contributed by atoms with E-state index in [1.165, 1.54) is 11.3 Å². The fourth-order valence-electron chi connectivity index (χ4n) is 1.28. The average molecular weight is 178 g/mol. The van der Waals surface area contributed by atoms with Crippen LogP contribution in [0.5, 0.6) is 0 Å². The number of hydrogen-bond acceptors (Lipinski definition) is 3. The number of aromatic nitrogens is 2. The number of thioether (sulfide) groups is 1. The van der Waals surface area contributed by atoms with E-state index in [-0.39, 0.29) is 0 Å². The molecule has 1 aromatic heterocycles. The second-order valence-corrected chi connectivity index (χ2v) is 3.47. The van der Waals surface area contributed by atoms with Crippen LogP contribution in [-0.4, -0.2) is 16.2 Å². The number of aryl methyl sites for hydroxylation is 1. The third-order valence-corrected chi connectivity index (χ3v) is 2.47. The summed E-state index contributed by atoms with van der Waals surface area (Å²) in [5, 5.41) is 0.879. The minimum absolute atomic E-state index is 0.879. The van der Waals surface area contributed by atoms with Crippen LogP contribution >= 0.6 is 11.8 Å². The van der Waals surface area contributed by atoms with Crippen LogP contribution < -0.4 is 0 Å². The minimum atomic E-state index is 0.879. The van der Waals surface area contributed by atoms with Crippen LogP contribution in [0.1, 0.15) is 17.7 Å². The van der Waals surface area contributed by atoms with Crippen molar-refractivity contribution in [3.05, 3.63) is 23.5 Å². The summed E-state index contributed by atoms with van der Waals surface area (Å²) in [5.74, 6) is 0. The van der Waals surface area contributed by atoms with Crippen molar-refractivity contribution >= 4 is 17.8 Å². The highest BCUT2D eigenvalue weighted by molar-refractivity contribution is 7.98. The van der Waals surface area contributed by atoms with Crippen molar-refractivity contribution in [2.24, 2.45) is 0 Å². The van der Waals surface area contributed by atoms with Gasteiger partial charge in [-0.2, -0.15) is 0 Å². The SMILES string of the molecule is CSc1ncc2c(n1)CCC=C2. The molecule has 1 aliphatic carbocycles. The fourth-order valence-corrected chi connectivity index (χ4v) is 1.64. The van der Waals surface area contributed by atoms with E-state index in [9.17, 15) is 0 Å². The molecule has 1 aromatic rings. The lowest BCUT2D eigenvalue weighted by atomic mass is 10.1. The van der Waals surface area contributed by atoms with Gasteiger partial charge in [0.1, 0.15) is 0 Å². The lowest BCUT2D eigenvalue weighted by Gasteiger charge is -2.08. The Morgan fingerprint density at radius 1 is 1.50 bits per heavy atom. The quantitative estimate of drug-likeness (QED) is 0.487. The van der Waals surface area contributed by atoms with Crippen LogP contribution in [0.3, 0.4) is 0 Å². The largest absolute Gasteiger partial charge is 0.230 e. The van der Waals surface area contributed by atoms with Gasteiger partial charge in [0.2, 0.25) is 0 Å². The zero-order chi connectivity index (χ0) is 8.39. The van der Waals surface area contributed by atoms with Crippen LogP contribution in [0, 0.1) is 0 Å². The zero-order valence-corrected chi connectivity index (χ0v) is 7.77. The molecule has 0 fully saturated rings. The Kier molecular flexibility index (Phi) is 2.13. The van der Waals surface area contributed by atoms with Gasteiger partial charge in [0.05, 0.1) is 5.69 Å². The Hall–Kier alpha value is -0.830. The van der Waals surface area contributed by atoms with Gasteiger partial charge in [0, 0.05) is 11.8 Å². The molecule has 0 saturated heterocycles. The molecule has 0 N–H and O–H groups in total. The maximum Gasteiger partial charge on any atom is 0.187 e. The van der Waals surface area contributed by atoms with Crippen molar-refractivity contribution in [1.29, 1.82) is 0 Å². The molecule has 0 aliphatic heterocycles. The molecular formula is C9H10N2S. The predicted octanol–water partition coefficient (Wildman–Crippen LogP) is 2.16. The van der Waals surface area contributed by atoms with Gasteiger partial charge in [-0.1, -0.05) is 23.9 Å². The first-order valence-electron chi connectivity index (χ1n) is 3.96. The standard InChI is InChI=1S/C9H10N2S/c1-12-9-10-6-7-4-2-3-5-8(7)11-9/h2,4,6H,3,5H2,1H3. The molecule has 3 heteroatoms. The Labute approximate surface area is 76.1 Å². The smallest absolute Gasteiger partial charge is 0.187 e. The molecule has 0 saturated carbocycles. The van der Waals surface area contributed by atoms with Crippen LogP contribution in [0.4, 0.5) is 0 Å². The summed E-state index contributed by atoms with van der Waals surface area (Å²) < 4.78 is 0. The molecule has 0 amide bonds. The number of rotatable bonds is 1. The third-order valence-electron chi connectivity index (χ3n) is 1.91. The molecule has 62 valence electrons. The fraction of sp³-hybridized carbons (Fsp3) is 0.333. The van der Waals surface area contributed by atoms with Gasteiger partial charge in [-0.05, 0) is 19.1 Å². The summed E-state index contributed by atoms with van der Waals surface area (Å²) in [5.41, 5.74) is 2.37. The van der Waals surface area contributed by atoms with Crippen LogP contribution in [-0.2, 0) is 6.42 Å². The first kappa shape index (κ1) is 7.80. The van der Waals surface area contributed by atoms with Crippen molar-refractivity contribution in [3.8, 4) is 0 Å². The van der Waals surface area contributed by atoms with E-state index < -0.39 is 0 Å². The van der Waals surface area contributed by atoms with Crippen molar-refractivity contribution in [1.82, 2.24) is 9.97 Å². The van der Waals surface area contributed by atoms with Gasteiger partial charge in [-0.3, -0.25) is 0 Å². The molecule has 0 unspecified atom stereocenters. The van der Waals surface area contributed by atoms with Gasteiger partial charge < -0.3 is 0 Å². The Morgan fingerprint density at radius 3 is 3.25 bits per heavy atom. The van der Waals surface area contributed by atoms with Crippen LogP contribution in [0.25, 0.3) is 6.08 Å². The average Bonchev–Trinajstić information content (AvgIpc) is 2.17. The van der Waals surface area contributed by atoms with Crippen LogP contribution in [0.2, 0.25) is 0 Å². The number of fused-ring (bicyclic) bond motifs is 1. The van der Waals surface area contributed by atoms with Crippen molar-refractivity contribution in [2.45, 2.75) is 18.0 Å². The molecule has 0 spiro atoms. The first-order chi connectivity index (χ1) is 5.90. The van der Waals surface area contributed by atoms with E-state index in [0.717, 1.165) is 18.0 Å². The normalized spacial score (nSPS) is 14.4. The second kappa shape index (κ2) is 3.27. The molecule has 1 heterocycles. The van der Waals surface area contributed by atoms with Gasteiger partial charge in [0.25, 0.3) is 0 Å². The van der Waals surface area contributed by atoms with E-state index in [4.69, 9.17) is 0 Å². The monoisotopic (exact) mass is 178 g/mol. The van der Waals surface area contributed by atoms with E-state index >= 15 is 0 Å². The lowest BCUT2D eigenvalue weighted by molar-refractivity contribution is 0.844. The summed E-state index contributed by atoms with van der Waals surface area (Å²) >= 11 is 1.60. The highest BCUT2D eigenvalue weighted by Crippen LogP contribution is 2.18. The zero-order valence-electron chi connectivity index (χ0n) is 6.95. The Morgan fingerprint density at radius 2 is 2.42 bits per heavy atom. The van der Waals surface area contributed by atoms with Gasteiger partial charge in [-0.15, -0.1) is 0 Å². The van der Waals surface area contributed by atoms with E-state index in [2.05, 4.69) is 22.1 Å². The molecule has 0 atom stereocenters. The van der Waals surface area contributed by atoms with Gasteiger partial charge in [0.15, 0.2) is 5.16 Å². The number of allylic oxidation sites excluding steroid dienone is 1. The topological polar surface area (TPSA) is 25.8 Å². The molecule has 0 radical (unpaired) electrons. The van der Waals surface area contributed by atoms with E-state index in [1.54, 1.807) is 11.8 Å². The molecule has 2 rings (SSSR count). The minimum Gasteiger partial charge on any atom is -0.230 e. The van der Waals surface area contributed by atoms with Crippen LogP contribution in [0.15, 0.2) is 17.4 Å². The third kappa shape index (κ3) is 1.37. The van der Waals surface area contributed by atoms with Gasteiger partial charge >= 0.3 is 0 Å². The summed E-state index contributed by atoms with van der Waals surface area (Å²) in [6.45, 7) is 0. The number of hydrogen-bond donors (Lipinski definition) is 0. The maximum absolute atomic E-state index is 4.43. The number of nitrogens with zero attached hydrogens (tertiary/aromatic N) is 2. The van der Waals surface area contributed by atoms with Gasteiger partial charge in [-0.25, -0.2) is 9.97 Å². The van der Waals surface area contributed by atoms with E-state index in [1.807, 2.05) is 12.5 Å². The molecule has 0 bridgehead atoms. The molecule has 12 heavy (non-hydrogen) atoms. The van der Waals surface area contributed by atoms with E-state index in [0.29, 0.717) is 0 Å².